The van der Waals surface area contributed by atoms with E-state index in [4.69, 9.17) is 9.47 Å². The van der Waals surface area contributed by atoms with Crippen molar-refractivity contribution in [3.8, 4) is 11.5 Å². The van der Waals surface area contributed by atoms with Crippen LogP contribution in [0.4, 0.5) is 5.69 Å². The quantitative estimate of drug-likeness (QED) is 0.648. The van der Waals surface area contributed by atoms with Crippen LogP contribution in [-0.2, 0) is 11.3 Å². The van der Waals surface area contributed by atoms with Crippen LogP contribution in [0.25, 0.3) is 10.9 Å². The lowest BCUT2D eigenvalue weighted by Crippen LogP contribution is -2.20. The fraction of sp³-hybridized carbons (Fsp3) is 0.318. The average molecular weight is 381 g/mol. The van der Waals surface area contributed by atoms with E-state index in [9.17, 15) is 4.79 Å². The van der Waals surface area contributed by atoms with Gasteiger partial charge in [0.1, 0.15) is 0 Å². The standard InChI is InChI=1S/C22H27N3O3/c1-16-5-8-20(21(13-16)27-4)28-15-22(26)23-18-6-7-19-17(14-18)9-10-25(19)12-11-24(2)3/h5-10,13-14H,11-12,15H2,1-4H3,(H,23,26). The van der Waals surface area contributed by atoms with Crippen LogP contribution in [0.1, 0.15) is 5.56 Å². The Kier molecular flexibility index (Phi) is 6.21. The Morgan fingerprint density at radius 3 is 2.68 bits per heavy atom. The molecule has 0 bridgehead atoms. The first-order valence-corrected chi connectivity index (χ1v) is 9.27. The Bertz CT molecular complexity index is 963. The summed E-state index contributed by atoms with van der Waals surface area (Å²) in [5.74, 6) is 0.957. The Morgan fingerprint density at radius 2 is 1.93 bits per heavy atom. The lowest BCUT2D eigenvalue weighted by molar-refractivity contribution is -0.118. The molecule has 0 spiro atoms. The minimum atomic E-state index is -0.214. The predicted molar refractivity (Wildman–Crippen MR) is 112 cm³/mol. The lowest BCUT2D eigenvalue weighted by atomic mass is 10.2. The third kappa shape index (κ3) is 4.84. The van der Waals surface area contributed by atoms with Crippen LogP contribution in [0.3, 0.4) is 0 Å². The predicted octanol–water partition coefficient (Wildman–Crippen LogP) is 3.54. The summed E-state index contributed by atoms with van der Waals surface area (Å²) in [6.07, 6.45) is 2.08. The fourth-order valence-corrected chi connectivity index (χ4v) is 3.02. The SMILES string of the molecule is COc1cc(C)ccc1OCC(=O)Nc1ccc2c(ccn2CCN(C)C)c1. The summed E-state index contributed by atoms with van der Waals surface area (Å²) in [5, 5.41) is 3.99. The third-order valence-electron chi connectivity index (χ3n) is 4.52. The maximum atomic E-state index is 12.3. The highest BCUT2D eigenvalue weighted by molar-refractivity contribution is 5.94. The van der Waals surface area contributed by atoms with E-state index >= 15 is 0 Å². The molecule has 1 heterocycles. The molecule has 0 radical (unpaired) electrons. The molecule has 1 N–H and O–H groups in total. The molecular formula is C22H27N3O3. The number of likely N-dealkylation sites (N-methyl/N-ethyl adjacent to an activating group) is 1. The maximum absolute atomic E-state index is 12.3. The van der Waals surface area contributed by atoms with Crippen LogP contribution in [0.5, 0.6) is 11.5 Å². The molecule has 6 nitrogen and oxygen atoms in total. The minimum absolute atomic E-state index is 0.0820. The molecule has 148 valence electrons. The van der Waals surface area contributed by atoms with Gasteiger partial charge in [0, 0.05) is 35.9 Å². The number of hydrogen-bond acceptors (Lipinski definition) is 4. The van der Waals surface area contributed by atoms with Gasteiger partial charge in [-0.05, 0) is 63.0 Å². The van der Waals surface area contributed by atoms with Gasteiger partial charge in [-0.1, -0.05) is 6.07 Å². The zero-order valence-corrected chi connectivity index (χ0v) is 16.9. The number of nitrogens with one attached hydrogen (secondary N) is 1. The van der Waals surface area contributed by atoms with Crippen molar-refractivity contribution in [2.75, 3.05) is 39.7 Å². The van der Waals surface area contributed by atoms with E-state index in [1.165, 1.54) is 0 Å². The van der Waals surface area contributed by atoms with E-state index in [0.717, 1.165) is 35.2 Å². The topological polar surface area (TPSA) is 55.7 Å². The molecule has 1 aromatic heterocycles. The Hall–Kier alpha value is -2.99. The smallest absolute Gasteiger partial charge is 0.262 e. The van der Waals surface area contributed by atoms with Gasteiger partial charge < -0.3 is 24.3 Å². The van der Waals surface area contributed by atoms with E-state index in [0.29, 0.717) is 11.5 Å². The zero-order valence-electron chi connectivity index (χ0n) is 16.9. The Labute approximate surface area is 165 Å². The maximum Gasteiger partial charge on any atom is 0.262 e. The number of amides is 1. The summed E-state index contributed by atoms with van der Waals surface area (Å²) >= 11 is 0. The molecule has 1 amide bonds. The van der Waals surface area contributed by atoms with Gasteiger partial charge in [0.05, 0.1) is 7.11 Å². The normalized spacial score (nSPS) is 11.0. The molecule has 0 saturated carbocycles. The van der Waals surface area contributed by atoms with Crippen molar-refractivity contribution in [2.45, 2.75) is 13.5 Å². The largest absolute Gasteiger partial charge is 0.493 e. The number of anilines is 1. The number of rotatable bonds is 8. The molecule has 6 heteroatoms. The van der Waals surface area contributed by atoms with E-state index in [1.807, 2.05) is 43.3 Å². The van der Waals surface area contributed by atoms with E-state index in [1.54, 1.807) is 7.11 Å². The van der Waals surface area contributed by atoms with Crippen LogP contribution in [0.15, 0.2) is 48.7 Å². The van der Waals surface area contributed by atoms with Crippen LogP contribution in [-0.4, -0.2) is 49.7 Å². The van der Waals surface area contributed by atoms with E-state index in [2.05, 4.69) is 41.1 Å². The van der Waals surface area contributed by atoms with Gasteiger partial charge in [0.15, 0.2) is 18.1 Å². The number of benzene rings is 2. The molecule has 0 atom stereocenters. The first kappa shape index (κ1) is 19.8. The summed E-state index contributed by atoms with van der Waals surface area (Å²) in [4.78, 5) is 14.4. The number of aromatic nitrogens is 1. The number of carbonyl (C=O) groups is 1. The molecule has 2 aromatic carbocycles. The summed E-state index contributed by atoms with van der Waals surface area (Å²) < 4.78 is 13.1. The second-order valence-electron chi connectivity index (χ2n) is 7.08. The molecule has 3 aromatic rings. The highest BCUT2D eigenvalue weighted by atomic mass is 16.5. The number of fused-ring (bicyclic) bond motifs is 1. The Morgan fingerprint density at radius 1 is 1.11 bits per heavy atom. The Balaban J connectivity index is 1.62. The van der Waals surface area contributed by atoms with Crippen LogP contribution < -0.4 is 14.8 Å². The molecular weight excluding hydrogens is 354 g/mol. The molecule has 0 unspecified atom stereocenters. The highest BCUT2D eigenvalue weighted by Crippen LogP contribution is 2.27. The van der Waals surface area contributed by atoms with Gasteiger partial charge in [0.2, 0.25) is 0 Å². The van der Waals surface area contributed by atoms with Gasteiger partial charge in [-0.25, -0.2) is 0 Å². The van der Waals surface area contributed by atoms with E-state index < -0.39 is 0 Å². The first-order chi connectivity index (χ1) is 13.5. The molecule has 0 aliphatic rings. The third-order valence-corrected chi connectivity index (χ3v) is 4.52. The lowest BCUT2D eigenvalue weighted by Gasteiger charge is -2.12. The van der Waals surface area contributed by atoms with Crippen LogP contribution in [0.2, 0.25) is 0 Å². The van der Waals surface area contributed by atoms with Crippen LogP contribution >= 0.6 is 0 Å². The van der Waals surface area contributed by atoms with Gasteiger partial charge in [0.25, 0.3) is 5.91 Å². The van der Waals surface area contributed by atoms with Gasteiger partial charge >= 0.3 is 0 Å². The second kappa shape index (κ2) is 8.80. The highest BCUT2D eigenvalue weighted by Gasteiger charge is 2.09. The molecule has 0 fully saturated rings. The van der Waals surface area contributed by atoms with Gasteiger partial charge in [-0.2, -0.15) is 0 Å². The zero-order chi connectivity index (χ0) is 20.1. The van der Waals surface area contributed by atoms with Crippen molar-refractivity contribution in [1.29, 1.82) is 0 Å². The summed E-state index contributed by atoms with van der Waals surface area (Å²) in [6.45, 7) is 3.79. The van der Waals surface area contributed by atoms with Crippen molar-refractivity contribution in [1.82, 2.24) is 9.47 Å². The number of aryl methyl sites for hydroxylation is 1. The summed E-state index contributed by atoms with van der Waals surface area (Å²) in [7, 11) is 5.71. The van der Waals surface area contributed by atoms with Gasteiger partial charge in [-0.3, -0.25) is 4.79 Å². The number of carbonyl (C=O) groups excluding carboxylic acids is 1. The van der Waals surface area contributed by atoms with Crippen molar-refractivity contribution >= 4 is 22.5 Å². The molecule has 28 heavy (non-hydrogen) atoms. The fourth-order valence-electron chi connectivity index (χ4n) is 3.02. The van der Waals surface area contributed by atoms with E-state index in [-0.39, 0.29) is 12.5 Å². The van der Waals surface area contributed by atoms with Crippen molar-refractivity contribution in [3.05, 3.63) is 54.2 Å². The number of methoxy groups -OCH3 is 1. The summed E-state index contributed by atoms with van der Waals surface area (Å²) in [6, 6.07) is 13.6. The average Bonchev–Trinajstić information content (AvgIpc) is 3.07. The first-order valence-electron chi connectivity index (χ1n) is 9.27. The molecule has 0 saturated heterocycles. The molecule has 0 aliphatic heterocycles. The minimum Gasteiger partial charge on any atom is -0.493 e. The van der Waals surface area contributed by atoms with Crippen molar-refractivity contribution in [3.63, 3.8) is 0 Å². The number of hydrogen-bond donors (Lipinski definition) is 1. The van der Waals surface area contributed by atoms with Gasteiger partial charge in [-0.15, -0.1) is 0 Å². The molecule has 3 rings (SSSR count). The number of nitrogens with zero attached hydrogens (tertiary/aromatic N) is 2. The second-order valence-corrected chi connectivity index (χ2v) is 7.08. The van der Waals surface area contributed by atoms with Crippen molar-refractivity contribution in [2.24, 2.45) is 0 Å². The summed E-state index contributed by atoms with van der Waals surface area (Å²) in [5.41, 5.74) is 2.97. The van der Waals surface area contributed by atoms with Crippen LogP contribution in [0, 0.1) is 6.92 Å². The monoisotopic (exact) mass is 381 g/mol. The van der Waals surface area contributed by atoms with Crippen molar-refractivity contribution < 1.29 is 14.3 Å². The number of ether oxygens (including phenoxy) is 2. The molecule has 0 aliphatic carbocycles.